The first-order chi connectivity index (χ1) is 12.4. The van der Waals surface area contributed by atoms with Crippen molar-refractivity contribution < 1.29 is 22.7 Å². The second kappa shape index (κ2) is 8.29. The molecular formula is C19H25F3N2O2. The third-order valence-electron chi connectivity index (χ3n) is 5.23. The molecule has 2 aliphatic rings. The molecule has 1 aromatic carbocycles. The predicted octanol–water partition coefficient (Wildman–Crippen LogP) is 4.11. The van der Waals surface area contributed by atoms with Crippen molar-refractivity contribution in [3.63, 3.8) is 0 Å². The lowest BCUT2D eigenvalue weighted by Crippen LogP contribution is -2.36. The number of carbonyl (C=O) groups excluding carboxylic acids is 1. The summed E-state index contributed by atoms with van der Waals surface area (Å²) < 4.78 is 42.8. The minimum atomic E-state index is -4.83. The van der Waals surface area contributed by atoms with Gasteiger partial charge in [0.2, 0.25) is 0 Å². The lowest BCUT2D eigenvalue weighted by atomic mass is 9.89. The summed E-state index contributed by atoms with van der Waals surface area (Å²) in [5, 5.41) is 6.10. The van der Waals surface area contributed by atoms with Gasteiger partial charge in [0.1, 0.15) is 5.75 Å². The van der Waals surface area contributed by atoms with E-state index < -0.39 is 18.0 Å². The predicted molar refractivity (Wildman–Crippen MR) is 92.3 cm³/mol. The van der Waals surface area contributed by atoms with Gasteiger partial charge in [-0.05, 0) is 62.4 Å². The van der Waals surface area contributed by atoms with Gasteiger partial charge in [-0.2, -0.15) is 0 Å². The number of amides is 1. The van der Waals surface area contributed by atoms with Crippen LogP contribution in [0, 0.1) is 0 Å². The van der Waals surface area contributed by atoms with E-state index in [1.54, 1.807) is 6.07 Å². The molecule has 0 unspecified atom stereocenters. The van der Waals surface area contributed by atoms with Crippen molar-refractivity contribution in [2.24, 2.45) is 0 Å². The number of ether oxygens (including phenoxy) is 1. The molecule has 1 saturated heterocycles. The molecule has 1 aliphatic carbocycles. The number of rotatable bonds is 4. The molecule has 1 aliphatic heterocycles. The van der Waals surface area contributed by atoms with Gasteiger partial charge < -0.3 is 15.4 Å². The van der Waals surface area contributed by atoms with Gasteiger partial charge in [-0.3, -0.25) is 4.79 Å². The molecule has 2 fully saturated rings. The minimum Gasteiger partial charge on any atom is -0.405 e. The fourth-order valence-electron chi connectivity index (χ4n) is 3.85. The van der Waals surface area contributed by atoms with Crippen molar-refractivity contribution in [2.45, 2.75) is 63.3 Å². The number of hydrogen-bond acceptors (Lipinski definition) is 3. The van der Waals surface area contributed by atoms with Crippen molar-refractivity contribution in [1.29, 1.82) is 0 Å². The van der Waals surface area contributed by atoms with Crippen LogP contribution in [-0.2, 0) is 0 Å². The van der Waals surface area contributed by atoms with Crippen LogP contribution in [0.4, 0.5) is 13.2 Å². The average Bonchev–Trinajstić information content (AvgIpc) is 2.62. The van der Waals surface area contributed by atoms with Crippen LogP contribution in [0.5, 0.6) is 5.75 Å². The third-order valence-corrected chi connectivity index (χ3v) is 5.23. The topological polar surface area (TPSA) is 50.4 Å². The molecule has 1 saturated carbocycles. The summed E-state index contributed by atoms with van der Waals surface area (Å²) in [7, 11) is 0. The monoisotopic (exact) mass is 370 g/mol. The van der Waals surface area contributed by atoms with Crippen molar-refractivity contribution in [3.8, 4) is 5.75 Å². The van der Waals surface area contributed by atoms with Crippen LogP contribution in [0.2, 0.25) is 0 Å². The maximum atomic E-state index is 12.9. The van der Waals surface area contributed by atoms with E-state index in [1.165, 1.54) is 12.1 Å². The maximum absolute atomic E-state index is 12.9. The highest BCUT2D eigenvalue weighted by Gasteiger charge is 2.34. The Morgan fingerprint density at radius 1 is 1.08 bits per heavy atom. The zero-order valence-electron chi connectivity index (χ0n) is 14.7. The Morgan fingerprint density at radius 3 is 2.42 bits per heavy atom. The van der Waals surface area contributed by atoms with E-state index in [4.69, 9.17) is 0 Å². The molecule has 26 heavy (non-hydrogen) atoms. The molecule has 144 valence electrons. The molecule has 4 nitrogen and oxygen atoms in total. The van der Waals surface area contributed by atoms with Crippen LogP contribution in [0.3, 0.4) is 0 Å². The van der Waals surface area contributed by atoms with Gasteiger partial charge >= 0.3 is 6.36 Å². The van der Waals surface area contributed by atoms with E-state index in [0.717, 1.165) is 63.6 Å². The van der Waals surface area contributed by atoms with Gasteiger partial charge in [0.25, 0.3) is 5.91 Å². The Kier molecular flexibility index (Phi) is 6.06. The molecule has 0 aromatic heterocycles. The number of hydrogen-bond donors (Lipinski definition) is 2. The van der Waals surface area contributed by atoms with E-state index in [0.29, 0.717) is 0 Å². The third kappa shape index (κ3) is 5.13. The Labute approximate surface area is 151 Å². The van der Waals surface area contributed by atoms with Crippen LogP contribution in [0.1, 0.15) is 66.8 Å². The van der Waals surface area contributed by atoms with Gasteiger partial charge in [0.05, 0.1) is 5.56 Å². The summed E-state index contributed by atoms with van der Waals surface area (Å²) >= 11 is 0. The first-order valence-corrected chi connectivity index (χ1v) is 9.33. The van der Waals surface area contributed by atoms with Gasteiger partial charge in [-0.1, -0.05) is 25.3 Å². The molecule has 0 radical (unpaired) electrons. The number of nitrogens with one attached hydrogen (secondary N) is 2. The summed E-state index contributed by atoms with van der Waals surface area (Å²) in [6.45, 7) is 1.67. The molecule has 1 heterocycles. The lowest BCUT2D eigenvalue weighted by Gasteiger charge is -2.25. The van der Waals surface area contributed by atoms with Crippen LogP contribution in [-0.4, -0.2) is 31.4 Å². The SMILES string of the molecule is O=C(NC1CCCCC1)c1ccc(C2CCNCC2)cc1OC(F)(F)F. The van der Waals surface area contributed by atoms with Gasteiger partial charge in [-0.25, -0.2) is 0 Å². The zero-order valence-corrected chi connectivity index (χ0v) is 14.7. The van der Waals surface area contributed by atoms with Crippen molar-refractivity contribution in [3.05, 3.63) is 29.3 Å². The lowest BCUT2D eigenvalue weighted by molar-refractivity contribution is -0.274. The number of piperidine rings is 1. The quantitative estimate of drug-likeness (QED) is 0.838. The molecule has 0 spiro atoms. The van der Waals surface area contributed by atoms with Gasteiger partial charge in [-0.15, -0.1) is 13.2 Å². The van der Waals surface area contributed by atoms with Gasteiger partial charge in [0.15, 0.2) is 0 Å². The summed E-state index contributed by atoms with van der Waals surface area (Å²) in [6, 6.07) is 4.64. The van der Waals surface area contributed by atoms with Crippen LogP contribution < -0.4 is 15.4 Å². The minimum absolute atomic E-state index is 0.0269. The van der Waals surface area contributed by atoms with Crippen molar-refractivity contribution in [2.75, 3.05) is 13.1 Å². The Hall–Kier alpha value is -1.76. The Bertz CT molecular complexity index is 622. The van der Waals surface area contributed by atoms with E-state index >= 15 is 0 Å². The largest absolute Gasteiger partial charge is 0.573 e. The first kappa shape index (κ1) is 19.0. The fourth-order valence-corrected chi connectivity index (χ4v) is 3.85. The number of benzene rings is 1. The van der Waals surface area contributed by atoms with Crippen LogP contribution >= 0.6 is 0 Å². The number of halogens is 3. The molecule has 0 atom stereocenters. The summed E-state index contributed by atoms with van der Waals surface area (Å²) in [4.78, 5) is 12.5. The van der Waals surface area contributed by atoms with E-state index in [2.05, 4.69) is 15.4 Å². The van der Waals surface area contributed by atoms with Crippen LogP contribution in [0.25, 0.3) is 0 Å². The highest BCUT2D eigenvalue weighted by Crippen LogP contribution is 2.33. The highest BCUT2D eigenvalue weighted by molar-refractivity contribution is 5.97. The molecule has 2 N–H and O–H groups in total. The van der Waals surface area contributed by atoms with E-state index in [-0.39, 0.29) is 17.5 Å². The van der Waals surface area contributed by atoms with Crippen LogP contribution in [0.15, 0.2) is 18.2 Å². The molecule has 0 bridgehead atoms. The fraction of sp³-hybridized carbons (Fsp3) is 0.632. The second-order valence-electron chi connectivity index (χ2n) is 7.14. The summed E-state index contributed by atoms with van der Waals surface area (Å²) in [5.74, 6) is -0.711. The van der Waals surface area contributed by atoms with Crippen molar-refractivity contribution >= 4 is 5.91 Å². The summed E-state index contributed by atoms with van der Waals surface area (Å²) in [5.41, 5.74) is 0.741. The molecule has 7 heteroatoms. The number of carbonyl (C=O) groups is 1. The second-order valence-corrected chi connectivity index (χ2v) is 7.14. The smallest absolute Gasteiger partial charge is 0.405 e. The highest BCUT2D eigenvalue weighted by atomic mass is 19.4. The standard InChI is InChI=1S/C19H25F3N2O2/c20-19(21,22)26-17-12-14(13-8-10-23-11-9-13)6-7-16(17)18(25)24-15-4-2-1-3-5-15/h6-7,12-13,15,23H,1-5,8-11H2,(H,24,25). The van der Waals surface area contributed by atoms with Crippen molar-refractivity contribution in [1.82, 2.24) is 10.6 Å². The molecule has 1 aromatic rings. The molecule has 1 amide bonds. The average molecular weight is 370 g/mol. The van der Waals surface area contributed by atoms with E-state index in [1.807, 2.05) is 0 Å². The maximum Gasteiger partial charge on any atom is 0.573 e. The molecular weight excluding hydrogens is 345 g/mol. The Balaban J connectivity index is 1.81. The van der Waals surface area contributed by atoms with E-state index in [9.17, 15) is 18.0 Å². The summed E-state index contributed by atoms with van der Waals surface area (Å²) in [6.07, 6.45) is 1.84. The number of alkyl halides is 3. The molecule has 3 rings (SSSR count). The Morgan fingerprint density at radius 2 is 1.77 bits per heavy atom. The first-order valence-electron chi connectivity index (χ1n) is 9.33. The zero-order chi connectivity index (χ0) is 18.6. The van der Waals surface area contributed by atoms with Gasteiger partial charge in [0, 0.05) is 6.04 Å². The normalized spacial score (nSPS) is 20.0.